The smallest absolute Gasteiger partial charge is 0.244 e. The SMILES string of the molecule is C1=COC1.COc1ccc(-c2cc(=O)c3c(OC)cc(OCC4=COC(C)(C)O4)cc3o2)cc1. The van der Waals surface area contributed by atoms with E-state index in [1.54, 1.807) is 37.6 Å². The number of hydrogen-bond acceptors (Lipinski definition) is 8. The minimum Gasteiger partial charge on any atom is -0.497 e. The largest absolute Gasteiger partial charge is 0.497 e. The van der Waals surface area contributed by atoms with Gasteiger partial charge in [0, 0.05) is 37.6 Å². The average molecular weight is 466 g/mol. The maximum absolute atomic E-state index is 12.8. The number of hydrogen-bond donors (Lipinski definition) is 0. The number of ether oxygens (including phenoxy) is 6. The predicted molar refractivity (Wildman–Crippen MR) is 126 cm³/mol. The van der Waals surface area contributed by atoms with Crippen LogP contribution in [-0.4, -0.2) is 33.2 Å². The topological polar surface area (TPSA) is 85.6 Å². The van der Waals surface area contributed by atoms with Gasteiger partial charge in [-0.1, -0.05) is 0 Å². The second-order valence-corrected chi connectivity index (χ2v) is 7.90. The van der Waals surface area contributed by atoms with E-state index in [-0.39, 0.29) is 12.0 Å². The van der Waals surface area contributed by atoms with Crippen molar-refractivity contribution in [1.82, 2.24) is 0 Å². The second kappa shape index (κ2) is 9.82. The molecule has 0 radical (unpaired) electrons. The van der Waals surface area contributed by atoms with Crippen LogP contribution in [0.1, 0.15) is 13.8 Å². The summed E-state index contributed by atoms with van der Waals surface area (Å²) in [7, 11) is 3.09. The zero-order valence-corrected chi connectivity index (χ0v) is 19.5. The van der Waals surface area contributed by atoms with Gasteiger partial charge in [-0.3, -0.25) is 4.79 Å². The molecule has 0 aliphatic carbocycles. The molecule has 5 rings (SSSR count). The van der Waals surface area contributed by atoms with E-state index < -0.39 is 5.79 Å². The molecule has 178 valence electrons. The van der Waals surface area contributed by atoms with Crippen molar-refractivity contribution < 1.29 is 32.8 Å². The lowest BCUT2D eigenvalue weighted by Crippen LogP contribution is -2.21. The van der Waals surface area contributed by atoms with Gasteiger partial charge in [-0.15, -0.1) is 0 Å². The third-order valence-corrected chi connectivity index (χ3v) is 4.98. The lowest BCUT2D eigenvalue weighted by Gasteiger charge is -2.18. The third-order valence-electron chi connectivity index (χ3n) is 4.98. The molecule has 2 aromatic carbocycles. The normalized spacial score (nSPS) is 15.0. The van der Waals surface area contributed by atoms with Gasteiger partial charge in [0.1, 0.15) is 53.5 Å². The van der Waals surface area contributed by atoms with Crippen molar-refractivity contribution in [1.29, 1.82) is 0 Å². The molecule has 0 spiro atoms. The van der Waals surface area contributed by atoms with E-state index in [0.29, 0.717) is 34.0 Å². The first-order valence-electron chi connectivity index (χ1n) is 10.6. The van der Waals surface area contributed by atoms with Crippen molar-refractivity contribution in [3.05, 3.63) is 77.0 Å². The zero-order chi connectivity index (χ0) is 24.1. The molecule has 0 amide bonds. The highest BCUT2D eigenvalue weighted by Gasteiger charge is 2.27. The second-order valence-electron chi connectivity index (χ2n) is 7.90. The van der Waals surface area contributed by atoms with Gasteiger partial charge in [0.2, 0.25) is 5.79 Å². The molecule has 0 N–H and O–H groups in total. The molecular weight excluding hydrogens is 440 g/mol. The summed E-state index contributed by atoms with van der Waals surface area (Å²) in [5.41, 5.74) is 0.909. The lowest BCUT2D eigenvalue weighted by molar-refractivity contribution is -0.119. The minimum absolute atomic E-state index is 0.167. The summed E-state index contributed by atoms with van der Waals surface area (Å²) in [5, 5.41) is 0.350. The van der Waals surface area contributed by atoms with E-state index in [0.717, 1.165) is 17.9 Å². The van der Waals surface area contributed by atoms with Crippen LogP contribution in [0, 0.1) is 0 Å². The highest BCUT2D eigenvalue weighted by Crippen LogP contribution is 2.33. The van der Waals surface area contributed by atoms with Crippen molar-refractivity contribution in [2.75, 3.05) is 27.4 Å². The highest BCUT2D eigenvalue weighted by atomic mass is 16.7. The molecule has 0 fully saturated rings. The molecule has 3 aromatic rings. The maximum atomic E-state index is 12.8. The predicted octanol–water partition coefficient (Wildman–Crippen LogP) is 5.01. The average Bonchev–Trinajstić information content (AvgIpc) is 3.14. The van der Waals surface area contributed by atoms with E-state index >= 15 is 0 Å². The van der Waals surface area contributed by atoms with Crippen LogP contribution in [0.5, 0.6) is 17.2 Å². The minimum atomic E-state index is -0.709. The molecular formula is C26H26O8. The Bertz CT molecular complexity index is 1260. The molecule has 2 aliphatic heterocycles. The Labute approximate surface area is 196 Å². The maximum Gasteiger partial charge on any atom is 0.244 e. The molecule has 0 saturated carbocycles. The third kappa shape index (κ3) is 5.28. The summed E-state index contributed by atoms with van der Waals surface area (Å²) in [5.74, 6) is 1.85. The van der Waals surface area contributed by atoms with Crippen LogP contribution in [0.15, 0.2) is 76.0 Å². The quantitative estimate of drug-likeness (QED) is 0.501. The molecule has 0 atom stereocenters. The van der Waals surface area contributed by atoms with Crippen LogP contribution in [0.4, 0.5) is 0 Å². The zero-order valence-electron chi connectivity index (χ0n) is 19.5. The van der Waals surface area contributed by atoms with E-state index in [9.17, 15) is 4.79 Å². The van der Waals surface area contributed by atoms with Gasteiger partial charge in [0.25, 0.3) is 0 Å². The van der Waals surface area contributed by atoms with Gasteiger partial charge in [0.15, 0.2) is 11.2 Å². The molecule has 1 aromatic heterocycles. The molecule has 3 heterocycles. The fourth-order valence-electron chi connectivity index (χ4n) is 3.26. The summed E-state index contributed by atoms with van der Waals surface area (Å²) >= 11 is 0. The van der Waals surface area contributed by atoms with Crippen LogP contribution < -0.4 is 19.6 Å². The Balaban J connectivity index is 0.000000620. The molecule has 0 saturated heterocycles. The monoisotopic (exact) mass is 466 g/mol. The Morgan fingerprint density at radius 3 is 2.26 bits per heavy atom. The molecule has 34 heavy (non-hydrogen) atoms. The first kappa shape index (κ1) is 23.1. The number of methoxy groups -OCH3 is 2. The number of fused-ring (bicyclic) bond motifs is 1. The van der Waals surface area contributed by atoms with Crippen molar-refractivity contribution in [2.45, 2.75) is 19.6 Å². The van der Waals surface area contributed by atoms with E-state index in [4.69, 9.17) is 28.1 Å². The van der Waals surface area contributed by atoms with Gasteiger partial charge in [-0.25, -0.2) is 0 Å². The molecule has 0 bridgehead atoms. The van der Waals surface area contributed by atoms with Crippen LogP contribution in [0.25, 0.3) is 22.3 Å². The fraction of sp³-hybridized carbons (Fsp3) is 0.269. The van der Waals surface area contributed by atoms with Gasteiger partial charge in [-0.2, -0.15) is 0 Å². The van der Waals surface area contributed by atoms with Crippen LogP contribution in [0.2, 0.25) is 0 Å². The molecule has 2 aliphatic rings. The van der Waals surface area contributed by atoms with Crippen molar-refractivity contribution in [3.8, 4) is 28.6 Å². The van der Waals surface area contributed by atoms with E-state index in [1.807, 2.05) is 32.1 Å². The Morgan fingerprint density at radius 2 is 1.71 bits per heavy atom. The van der Waals surface area contributed by atoms with Gasteiger partial charge >= 0.3 is 0 Å². The Morgan fingerprint density at radius 1 is 1.00 bits per heavy atom. The Hall–Kier alpha value is -4.07. The van der Waals surface area contributed by atoms with Gasteiger partial charge in [-0.05, 0) is 30.3 Å². The van der Waals surface area contributed by atoms with Crippen molar-refractivity contribution in [2.24, 2.45) is 0 Å². The molecule has 8 nitrogen and oxygen atoms in total. The molecule has 0 unspecified atom stereocenters. The standard InChI is InChI=1S/C23H22O7.C3H4O/c1-23(2)28-13-17(30-23)12-27-16-9-20(26-4)22-18(24)11-19(29-21(22)10-16)14-5-7-15(25-3)8-6-14;1-2-4-3-1/h5-11,13H,12H2,1-4H3;1-2H,3H2. The van der Waals surface area contributed by atoms with Crippen LogP contribution in [-0.2, 0) is 14.2 Å². The summed E-state index contributed by atoms with van der Waals surface area (Å²) in [6.45, 7) is 4.61. The summed E-state index contributed by atoms with van der Waals surface area (Å²) in [4.78, 5) is 12.8. The lowest BCUT2D eigenvalue weighted by atomic mass is 10.1. The van der Waals surface area contributed by atoms with Crippen molar-refractivity contribution in [3.63, 3.8) is 0 Å². The van der Waals surface area contributed by atoms with Crippen LogP contribution >= 0.6 is 0 Å². The highest BCUT2D eigenvalue weighted by molar-refractivity contribution is 5.86. The number of rotatable bonds is 6. The summed E-state index contributed by atoms with van der Waals surface area (Å²) in [6.07, 6.45) is 5.17. The molecule has 8 heteroatoms. The van der Waals surface area contributed by atoms with Gasteiger partial charge in [0.05, 0.1) is 20.5 Å². The first-order valence-corrected chi connectivity index (χ1v) is 10.6. The van der Waals surface area contributed by atoms with E-state index in [2.05, 4.69) is 4.74 Å². The van der Waals surface area contributed by atoms with Crippen molar-refractivity contribution >= 4 is 11.0 Å². The summed E-state index contributed by atoms with van der Waals surface area (Å²) in [6, 6.07) is 12.0. The first-order chi connectivity index (χ1) is 16.4. The van der Waals surface area contributed by atoms with E-state index in [1.165, 1.54) is 19.4 Å². The number of benzene rings is 2. The summed E-state index contributed by atoms with van der Waals surface area (Å²) < 4.78 is 38.0. The fourth-order valence-corrected chi connectivity index (χ4v) is 3.26. The Kier molecular flexibility index (Phi) is 6.67. The van der Waals surface area contributed by atoms with Crippen LogP contribution in [0.3, 0.4) is 0 Å². The van der Waals surface area contributed by atoms with Gasteiger partial charge < -0.3 is 32.8 Å².